The first-order valence-corrected chi connectivity index (χ1v) is 2.56. The fraction of sp³-hybridized carbons (Fsp3) is 0.167. The first-order chi connectivity index (χ1) is 4.77. The van der Waals surface area contributed by atoms with E-state index in [4.69, 9.17) is 17.4 Å². The average molecular weight is 132 g/mol. The van der Waals surface area contributed by atoms with E-state index in [1.807, 2.05) is 6.07 Å². The zero-order valence-corrected chi connectivity index (χ0v) is 5.07. The van der Waals surface area contributed by atoms with Gasteiger partial charge in [0.05, 0.1) is 6.07 Å². The van der Waals surface area contributed by atoms with E-state index in [9.17, 15) is 0 Å². The van der Waals surface area contributed by atoms with Crippen molar-refractivity contribution < 1.29 is 0 Å². The molecule has 2 N–H and O–H groups in total. The van der Waals surface area contributed by atoms with Gasteiger partial charge in [-0.25, -0.2) is 9.98 Å². The maximum Gasteiger partial charge on any atom is 0.218 e. The van der Waals surface area contributed by atoms with Crippen molar-refractivity contribution in [3.05, 3.63) is 0 Å². The van der Waals surface area contributed by atoms with E-state index in [0.29, 0.717) is 5.71 Å². The lowest BCUT2D eigenvalue weighted by Gasteiger charge is -1.88. The third-order valence-corrected chi connectivity index (χ3v) is 1.03. The molecule has 1 aliphatic heterocycles. The highest BCUT2D eigenvalue weighted by Gasteiger charge is 2.18. The van der Waals surface area contributed by atoms with E-state index in [1.54, 1.807) is 0 Å². The number of terminal acetylenes is 1. The van der Waals surface area contributed by atoms with Gasteiger partial charge in [0.25, 0.3) is 0 Å². The van der Waals surface area contributed by atoms with Crippen molar-refractivity contribution in [2.45, 2.75) is 6.04 Å². The van der Waals surface area contributed by atoms with Gasteiger partial charge in [-0.2, -0.15) is 5.26 Å². The molecule has 0 bridgehead atoms. The van der Waals surface area contributed by atoms with E-state index >= 15 is 0 Å². The third-order valence-electron chi connectivity index (χ3n) is 1.03. The zero-order chi connectivity index (χ0) is 7.56. The van der Waals surface area contributed by atoms with Crippen molar-refractivity contribution in [3.8, 4) is 18.4 Å². The van der Waals surface area contributed by atoms with E-state index in [2.05, 4.69) is 15.9 Å². The van der Waals surface area contributed by atoms with Gasteiger partial charge in [-0.3, -0.25) is 0 Å². The lowest BCUT2D eigenvalue weighted by atomic mass is 10.2. The van der Waals surface area contributed by atoms with Crippen LogP contribution in [0.3, 0.4) is 0 Å². The SMILES string of the molecule is C#CC1=NC(N)=NC1C#N. The van der Waals surface area contributed by atoms with Crippen LogP contribution in [0.5, 0.6) is 0 Å². The molecule has 4 heteroatoms. The summed E-state index contributed by atoms with van der Waals surface area (Å²) in [5, 5.41) is 8.40. The number of guanidine groups is 1. The maximum atomic E-state index is 8.40. The summed E-state index contributed by atoms with van der Waals surface area (Å²) in [7, 11) is 0. The molecule has 0 aromatic rings. The van der Waals surface area contributed by atoms with Gasteiger partial charge < -0.3 is 5.73 Å². The number of nitrogens with two attached hydrogens (primary N) is 1. The lowest BCUT2D eigenvalue weighted by molar-refractivity contribution is 1.12. The molecule has 0 fully saturated rings. The molecule has 0 aromatic carbocycles. The van der Waals surface area contributed by atoms with Crippen molar-refractivity contribution in [3.63, 3.8) is 0 Å². The molecule has 1 aliphatic rings. The Morgan fingerprint density at radius 1 is 1.70 bits per heavy atom. The summed E-state index contributed by atoms with van der Waals surface area (Å²) in [6, 6.07) is 1.19. The molecule has 48 valence electrons. The van der Waals surface area contributed by atoms with Gasteiger partial charge in [-0.15, -0.1) is 6.42 Å². The van der Waals surface area contributed by atoms with E-state index in [-0.39, 0.29) is 5.96 Å². The minimum atomic E-state index is -0.662. The lowest BCUT2D eigenvalue weighted by Crippen LogP contribution is -2.09. The van der Waals surface area contributed by atoms with Gasteiger partial charge in [-0.1, -0.05) is 5.92 Å². The second-order valence-electron chi connectivity index (χ2n) is 1.66. The van der Waals surface area contributed by atoms with Crippen LogP contribution in [0.25, 0.3) is 0 Å². The predicted octanol–water partition coefficient (Wildman–Crippen LogP) is -0.719. The van der Waals surface area contributed by atoms with Gasteiger partial charge in [0.2, 0.25) is 5.96 Å². The predicted molar refractivity (Wildman–Crippen MR) is 37.3 cm³/mol. The highest BCUT2D eigenvalue weighted by molar-refractivity contribution is 6.14. The smallest absolute Gasteiger partial charge is 0.218 e. The molecule has 1 atom stereocenters. The van der Waals surface area contributed by atoms with Crippen LogP contribution in [0.2, 0.25) is 0 Å². The summed E-state index contributed by atoms with van der Waals surface area (Å²) in [5.74, 6) is 2.31. The van der Waals surface area contributed by atoms with Crippen LogP contribution in [0.15, 0.2) is 9.98 Å². The molecule has 0 aromatic heterocycles. The van der Waals surface area contributed by atoms with Crippen LogP contribution in [0, 0.1) is 23.7 Å². The number of hydrogen-bond donors (Lipinski definition) is 1. The van der Waals surface area contributed by atoms with Gasteiger partial charge in [0.1, 0.15) is 5.71 Å². The van der Waals surface area contributed by atoms with Gasteiger partial charge >= 0.3 is 0 Å². The molecule has 1 heterocycles. The fourth-order valence-corrected chi connectivity index (χ4v) is 0.608. The molecular formula is C6H4N4. The highest BCUT2D eigenvalue weighted by atomic mass is 15.1. The Hall–Kier alpha value is -1.81. The standard InChI is InChI=1S/C6H4N4/c1-2-4-5(3-7)10-6(8)9-4/h1,5H,(H2,8,10). The van der Waals surface area contributed by atoms with Gasteiger partial charge in [-0.05, 0) is 0 Å². The minimum absolute atomic E-state index is 0.0829. The molecule has 10 heavy (non-hydrogen) atoms. The Morgan fingerprint density at radius 3 is 2.80 bits per heavy atom. The van der Waals surface area contributed by atoms with Crippen LogP contribution in [0.1, 0.15) is 0 Å². The molecule has 0 radical (unpaired) electrons. The maximum absolute atomic E-state index is 8.40. The van der Waals surface area contributed by atoms with Gasteiger partial charge in [0, 0.05) is 0 Å². The average Bonchev–Trinajstić information content (AvgIpc) is 2.30. The molecule has 0 saturated carbocycles. The van der Waals surface area contributed by atoms with Crippen LogP contribution in [-0.2, 0) is 0 Å². The minimum Gasteiger partial charge on any atom is -0.368 e. The Kier molecular flexibility index (Phi) is 1.39. The number of nitrogens with zero attached hydrogens (tertiary/aromatic N) is 3. The molecule has 0 saturated heterocycles. The Labute approximate surface area is 58.1 Å². The fourth-order valence-electron chi connectivity index (χ4n) is 0.608. The number of aliphatic imine (C=N–C) groups is 2. The second-order valence-corrected chi connectivity index (χ2v) is 1.66. The molecule has 0 spiro atoms. The Balaban J connectivity index is 2.94. The summed E-state index contributed by atoms with van der Waals surface area (Å²) in [5.41, 5.74) is 5.47. The first kappa shape index (κ1) is 6.31. The Bertz CT molecular complexity index is 286. The van der Waals surface area contributed by atoms with Crippen LogP contribution < -0.4 is 5.73 Å². The topological polar surface area (TPSA) is 74.5 Å². The third kappa shape index (κ3) is 0.828. The quantitative estimate of drug-likeness (QED) is 0.442. The van der Waals surface area contributed by atoms with Crippen molar-refractivity contribution >= 4 is 11.7 Å². The molecule has 4 nitrogen and oxygen atoms in total. The molecule has 1 rings (SSSR count). The molecule has 0 amide bonds. The normalized spacial score (nSPS) is 22.4. The summed E-state index contributed by atoms with van der Waals surface area (Å²) in [4.78, 5) is 7.29. The largest absolute Gasteiger partial charge is 0.368 e. The van der Waals surface area contributed by atoms with Crippen LogP contribution >= 0.6 is 0 Å². The Morgan fingerprint density at radius 2 is 2.40 bits per heavy atom. The molecule has 1 unspecified atom stereocenters. The second kappa shape index (κ2) is 2.20. The van der Waals surface area contributed by atoms with Crippen molar-refractivity contribution in [2.75, 3.05) is 0 Å². The zero-order valence-electron chi connectivity index (χ0n) is 5.07. The summed E-state index contributed by atoms with van der Waals surface area (Å²) in [6.45, 7) is 0. The summed E-state index contributed by atoms with van der Waals surface area (Å²) in [6.07, 6.45) is 5.00. The first-order valence-electron chi connectivity index (χ1n) is 2.56. The van der Waals surface area contributed by atoms with Gasteiger partial charge in [0.15, 0.2) is 6.04 Å². The summed E-state index contributed by atoms with van der Waals surface area (Å²) < 4.78 is 0. The highest BCUT2D eigenvalue weighted by Crippen LogP contribution is 2.01. The van der Waals surface area contributed by atoms with Crippen molar-refractivity contribution in [1.82, 2.24) is 0 Å². The van der Waals surface area contributed by atoms with E-state index in [0.717, 1.165) is 0 Å². The monoisotopic (exact) mass is 132 g/mol. The van der Waals surface area contributed by atoms with Crippen molar-refractivity contribution in [2.24, 2.45) is 15.7 Å². The molecule has 0 aliphatic carbocycles. The van der Waals surface area contributed by atoms with Crippen LogP contribution in [0.4, 0.5) is 0 Å². The van der Waals surface area contributed by atoms with E-state index in [1.165, 1.54) is 0 Å². The van der Waals surface area contributed by atoms with E-state index < -0.39 is 6.04 Å². The van der Waals surface area contributed by atoms with Crippen LogP contribution in [-0.4, -0.2) is 17.7 Å². The molecular weight excluding hydrogens is 128 g/mol. The number of hydrogen-bond acceptors (Lipinski definition) is 4. The summed E-state index contributed by atoms with van der Waals surface area (Å²) >= 11 is 0. The van der Waals surface area contributed by atoms with Crippen molar-refractivity contribution in [1.29, 1.82) is 5.26 Å². The number of rotatable bonds is 0. The number of nitriles is 1.